The Morgan fingerprint density at radius 2 is 1.76 bits per heavy atom. The molecular formula is C30H22ClN3O5S2. The quantitative estimate of drug-likeness (QED) is 0.101. The van der Waals surface area contributed by atoms with Gasteiger partial charge >= 0.3 is 5.97 Å². The van der Waals surface area contributed by atoms with Gasteiger partial charge in [0, 0.05) is 10.8 Å². The number of methoxy groups -OCH3 is 1. The van der Waals surface area contributed by atoms with Gasteiger partial charge in [-0.15, -0.1) is 10.2 Å². The molecular weight excluding hydrogens is 582 g/mol. The van der Waals surface area contributed by atoms with Crippen LogP contribution in [0.25, 0.3) is 6.08 Å². The zero-order valence-corrected chi connectivity index (χ0v) is 23.9. The maximum atomic E-state index is 13.4. The number of amides is 1. The lowest BCUT2D eigenvalue weighted by Gasteiger charge is -2.23. The largest absolute Gasteiger partial charge is 0.503 e. The van der Waals surface area contributed by atoms with E-state index in [2.05, 4.69) is 10.2 Å². The number of esters is 1. The van der Waals surface area contributed by atoms with Crippen LogP contribution in [0.4, 0.5) is 5.13 Å². The Hall–Kier alpha value is -4.25. The van der Waals surface area contributed by atoms with Crippen molar-refractivity contribution in [2.45, 2.75) is 16.1 Å². The van der Waals surface area contributed by atoms with E-state index in [-0.39, 0.29) is 10.7 Å². The summed E-state index contributed by atoms with van der Waals surface area (Å²) in [6, 6.07) is 21.9. The lowest BCUT2D eigenvalue weighted by atomic mass is 9.95. The van der Waals surface area contributed by atoms with Crippen LogP contribution in [-0.2, 0) is 20.1 Å². The molecule has 2 heterocycles. The summed E-state index contributed by atoms with van der Waals surface area (Å²) in [6.07, 6.45) is 2.94. The highest BCUT2D eigenvalue weighted by molar-refractivity contribution is 8.00. The fourth-order valence-corrected chi connectivity index (χ4v) is 6.15. The second kappa shape index (κ2) is 12.5. The maximum Gasteiger partial charge on any atom is 0.337 e. The van der Waals surface area contributed by atoms with E-state index in [0.29, 0.717) is 26.2 Å². The van der Waals surface area contributed by atoms with Crippen LogP contribution in [-0.4, -0.2) is 40.1 Å². The highest BCUT2D eigenvalue weighted by atomic mass is 35.5. The van der Waals surface area contributed by atoms with Crippen LogP contribution in [0.15, 0.2) is 101 Å². The Balaban J connectivity index is 1.47. The number of anilines is 1. The van der Waals surface area contributed by atoms with Gasteiger partial charge in [-0.25, -0.2) is 4.79 Å². The molecule has 1 unspecified atom stereocenters. The zero-order chi connectivity index (χ0) is 28.9. The topological polar surface area (TPSA) is 110 Å². The minimum Gasteiger partial charge on any atom is -0.503 e. The standard InChI is InChI=1S/C30H22ClN3O5S2/c1-39-28(38)21-12-10-20(11-13-21)25-24(23(35)16-9-18-5-3-2-4-6-18)26(36)27(37)34(25)29-32-33-30(41-29)40-17-19-7-14-22(31)15-8-19/h2-16,25,36H,17H2,1H3. The summed E-state index contributed by atoms with van der Waals surface area (Å²) in [5.41, 5.74) is 2.52. The van der Waals surface area contributed by atoms with Crippen LogP contribution in [0.1, 0.15) is 33.1 Å². The number of hydrogen-bond donors (Lipinski definition) is 1. The SMILES string of the molecule is COC(=O)c1ccc(C2C(C(=O)C=Cc3ccccc3)=C(O)C(=O)N2c2nnc(SCc3ccc(Cl)cc3)s2)cc1. The number of carbonyl (C=O) groups excluding carboxylic acids is 3. The molecule has 0 fully saturated rings. The number of aromatic nitrogens is 2. The molecule has 4 aromatic rings. The van der Waals surface area contributed by atoms with Crippen molar-refractivity contribution in [1.29, 1.82) is 0 Å². The number of rotatable bonds is 9. The molecule has 1 aliphatic rings. The second-order valence-corrected chi connectivity index (χ2v) is 11.4. The van der Waals surface area contributed by atoms with E-state index in [1.807, 2.05) is 42.5 Å². The van der Waals surface area contributed by atoms with Crippen LogP contribution < -0.4 is 4.90 Å². The number of halogens is 1. The highest BCUT2D eigenvalue weighted by Gasteiger charge is 2.45. The van der Waals surface area contributed by atoms with E-state index >= 15 is 0 Å². The number of nitrogens with zero attached hydrogens (tertiary/aromatic N) is 3. The molecule has 3 aromatic carbocycles. The molecule has 0 saturated carbocycles. The third-order valence-corrected chi connectivity index (χ3v) is 8.60. The van der Waals surface area contributed by atoms with Crippen LogP contribution in [0.2, 0.25) is 5.02 Å². The first kappa shape index (κ1) is 28.3. The molecule has 8 nitrogen and oxygen atoms in total. The first-order chi connectivity index (χ1) is 19.9. The number of thioether (sulfide) groups is 1. The number of aliphatic hydroxyl groups excluding tert-OH is 1. The molecule has 1 atom stereocenters. The minimum atomic E-state index is -0.996. The van der Waals surface area contributed by atoms with Gasteiger partial charge in [0.25, 0.3) is 5.91 Å². The number of ketones is 1. The van der Waals surface area contributed by atoms with Crippen molar-refractivity contribution in [2.75, 3.05) is 12.0 Å². The molecule has 41 heavy (non-hydrogen) atoms. The van der Waals surface area contributed by atoms with Gasteiger partial charge in [-0.1, -0.05) is 95.4 Å². The van der Waals surface area contributed by atoms with Gasteiger partial charge in [-0.2, -0.15) is 0 Å². The molecule has 1 N–H and O–H groups in total. The van der Waals surface area contributed by atoms with Crippen LogP contribution in [0.5, 0.6) is 0 Å². The fraction of sp³-hybridized carbons (Fsp3) is 0.100. The van der Waals surface area contributed by atoms with Crippen molar-refractivity contribution in [3.05, 3.63) is 124 Å². The lowest BCUT2D eigenvalue weighted by molar-refractivity contribution is -0.117. The van der Waals surface area contributed by atoms with Crippen molar-refractivity contribution in [3.63, 3.8) is 0 Å². The van der Waals surface area contributed by atoms with Gasteiger partial charge in [0.05, 0.1) is 24.3 Å². The third-order valence-electron chi connectivity index (χ3n) is 6.23. The van der Waals surface area contributed by atoms with Crippen molar-refractivity contribution < 1.29 is 24.2 Å². The van der Waals surface area contributed by atoms with Gasteiger partial charge in [-0.05, 0) is 47.0 Å². The van der Waals surface area contributed by atoms with E-state index in [9.17, 15) is 19.5 Å². The predicted molar refractivity (Wildman–Crippen MR) is 159 cm³/mol. The average molecular weight is 604 g/mol. The van der Waals surface area contributed by atoms with Gasteiger partial charge in [0.2, 0.25) is 5.13 Å². The molecule has 206 valence electrons. The summed E-state index contributed by atoms with van der Waals surface area (Å²) in [4.78, 5) is 40.1. The summed E-state index contributed by atoms with van der Waals surface area (Å²) in [5.74, 6) is -1.89. The fourth-order valence-electron chi connectivity index (χ4n) is 4.20. The summed E-state index contributed by atoms with van der Waals surface area (Å²) in [6.45, 7) is 0. The first-order valence-corrected chi connectivity index (χ1v) is 14.5. The molecule has 0 spiro atoms. The predicted octanol–water partition coefficient (Wildman–Crippen LogP) is 6.45. The normalized spacial score (nSPS) is 15.1. The Morgan fingerprint density at radius 1 is 1.05 bits per heavy atom. The van der Waals surface area contributed by atoms with E-state index in [0.717, 1.165) is 11.1 Å². The van der Waals surface area contributed by atoms with E-state index < -0.39 is 29.5 Å². The summed E-state index contributed by atoms with van der Waals surface area (Å²) in [5, 5.41) is 20.3. The zero-order valence-electron chi connectivity index (χ0n) is 21.6. The number of allylic oxidation sites excluding steroid dienone is 1. The number of hydrogen-bond acceptors (Lipinski definition) is 9. The van der Waals surface area contributed by atoms with Crippen LogP contribution >= 0.6 is 34.7 Å². The minimum absolute atomic E-state index is 0.0985. The van der Waals surface area contributed by atoms with Crippen molar-refractivity contribution >= 4 is 63.6 Å². The van der Waals surface area contributed by atoms with Gasteiger partial charge in [-0.3, -0.25) is 14.5 Å². The first-order valence-electron chi connectivity index (χ1n) is 12.3. The van der Waals surface area contributed by atoms with Crippen LogP contribution in [0.3, 0.4) is 0 Å². The molecule has 1 aromatic heterocycles. The Kier molecular flexibility index (Phi) is 8.63. The van der Waals surface area contributed by atoms with Gasteiger partial charge in [0.15, 0.2) is 15.9 Å². The van der Waals surface area contributed by atoms with Crippen molar-refractivity contribution in [1.82, 2.24) is 10.2 Å². The van der Waals surface area contributed by atoms with Crippen molar-refractivity contribution in [3.8, 4) is 0 Å². The molecule has 0 radical (unpaired) electrons. The van der Waals surface area contributed by atoms with E-state index in [1.54, 1.807) is 30.3 Å². The Bertz CT molecular complexity index is 1650. The highest BCUT2D eigenvalue weighted by Crippen LogP contribution is 2.43. The second-order valence-electron chi connectivity index (χ2n) is 8.83. The van der Waals surface area contributed by atoms with Gasteiger partial charge in [0.1, 0.15) is 0 Å². The molecule has 5 rings (SSSR count). The molecule has 0 aliphatic carbocycles. The Labute approximate surface area is 248 Å². The summed E-state index contributed by atoms with van der Waals surface area (Å²) < 4.78 is 5.38. The van der Waals surface area contributed by atoms with Gasteiger partial charge < -0.3 is 9.84 Å². The number of carbonyl (C=O) groups is 3. The third kappa shape index (κ3) is 6.25. The average Bonchev–Trinajstić information content (AvgIpc) is 3.57. The number of benzene rings is 3. The molecule has 11 heteroatoms. The van der Waals surface area contributed by atoms with E-state index in [4.69, 9.17) is 16.3 Å². The summed E-state index contributed by atoms with van der Waals surface area (Å²) in [7, 11) is 1.28. The smallest absolute Gasteiger partial charge is 0.337 e. The molecule has 0 bridgehead atoms. The lowest BCUT2D eigenvalue weighted by Crippen LogP contribution is -2.30. The maximum absolute atomic E-state index is 13.4. The number of aliphatic hydroxyl groups is 1. The molecule has 0 saturated heterocycles. The van der Waals surface area contributed by atoms with Crippen LogP contribution in [0, 0.1) is 0 Å². The van der Waals surface area contributed by atoms with E-state index in [1.165, 1.54) is 53.3 Å². The summed E-state index contributed by atoms with van der Waals surface area (Å²) >= 11 is 8.58. The van der Waals surface area contributed by atoms with Crippen molar-refractivity contribution in [2.24, 2.45) is 0 Å². The monoisotopic (exact) mass is 603 g/mol. The molecule has 1 amide bonds. The number of ether oxygens (including phenoxy) is 1. The Morgan fingerprint density at radius 3 is 2.44 bits per heavy atom. The molecule has 1 aliphatic heterocycles.